The van der Waals surface area contributed by atoms with E-state index in [1.807, 2.05) is 0 Å². The Bertz CT molecular complexity index is 575. The van der Waals surface area contributed by atoms with Crippen molar-refractivity contribution in [1.82, 2.24) is 15.5 Å². The maximum absolute atomic E-state index is 11.9. The lowest BCUT2D eigenvalue weighted by Crippen LogP contribution is -2.27. The van der Waals surface area contributed by atoms with Crippen LogP contribution in [0.4, 0.5) is 0 Å². The molecule has 8 heteroatoms. The van der Waals surface area contributed by atoms with Crippen LogP contribution in [0.1, 0.15) is 48.8 Å². The van der Waals surface area contributed by atoms with Crippen molar-refractivity contribution >= 4 is 25.6 Å². The first kappa shape index (κ1) is 13.4. The Morgan fingerprint density at radius 3 is 2.56 bits per heavy atom. The number of halogens is 1. The van der Waals surface area contributed by atoms with E-state index in [2.05, 4.69) is 15.5 Å². The van der Waals surface area contributed by atoms with E-state index in [4.69, 9.17) is 10.7 Å². The van der Waals surface area contributed by atoms with Gasteiger partial charge in [-0.15, -0.1) is 0 Å². The average Bonchev–Trinajstić information content (AvgIpc) is 2.92. The highest BCUT2D eigenvalue weighted by Crippen LogP contribution is 2.28. The van der Waals surface area contributed by atoms with Crippen LogP contribution in [0, 0.1) is 0 Å². The summed E-state index contributed by atoms with van der Waals surface area (Å²) in [7, 11) is 1.37. The summed E-state index contributed by atoms with van der Waals surface area (Å²) in [5.74, 6) is -0.622. The predicted molar refractivity (Wildman–Crippen MR) is 66.2 cm³/mol. The van der Waals surface area contributed by atoms with Crippen LogP contribution >= 0.6 is 10.7 Å². The molecule has 2 rings (SSSR count). The number of hydrogen-bond acceptors (Lipinski definition) is 4. The van der Waals surface area contributed by atoms with E-state index >= 15 is 0 Å². The molecule has 0 atom stereocenters. The lowest BCUT2D eigenvalue weighted by atomic mass is 10.1. The van der Waals surface area contributed by atoms with Crippen LogP contribution in [0.25, 0.3) is 0 Å². The second-order valence-electron chi connectivity index (χ2n) is 4.66. The fraction of sp³-hybridized carbons (Fsp3) is 0.600. The van der Waals surface area contributed by atoms with Gasteiger partial charge in [0.15, 0.2) is 5.69 Å². The van der Waals surface area contributed by atoms with Gasteiger partial charge in [-0.1, -0.05) is 13.8 Å². The van der Waals surface area contributed by atoms with Crippen molar-refractivity contribution < 1.29 is 13.2 Å². The Hall–Kier alpha value is -1.08. The molecule has 1 aromatic rings. The summed E-state index contributed by atoms with van der Waals surface area (Å²) in [4.78, 5) is 11.7. The van der Waals surface area contributed by atoms with Gasteiger partial charge in [0.05, 0.1) is 5.69 Å². The average molecular weight is 292 g/mol. The third-order valence-corrected chi connectivity index (χ3v) is 4.06. The van der Waals surface area contributed by atoms with Crippen LogP contribution in [-0.2, 0) is 9.05 Å². The molecule has 6 nitrogen and oxygen atoms in total. The number of hydrogen-bond donors (Lipinski definition) is 2. The first-order valence-electron chi connectivity index (χ1n) is 5.64. The third kappa shape index (κ3) is 2.67. The van der Waals surface area contributed by atoms with Crippen molar-refractivity contribution in [2.75, 3.05) is 0 Å². The molecule has 0 radical (unpaired) electrons. The van der Waals surface area contributed by atoms with Gasteiger partial charge < -0.3 is 5.32 Å². The van der Waals surface area contributed by atoms with Crippen LogP contribution in [0.5, 0.6) is 0 Å². The van der Waals surface area contributed by atoms with Gasteiger partial charge in [0.1, 0.15) is 4.90 Å². The molecular formula is C10H14ClN3O3S. The highest BCUT2D eigenvalue weighted by atomic mass is 35.7. The zero-order chi connectivity index (χ0) is 13.5. The van der Waals surface area contributed by atoms with Gasteiger partial charge in [-0.3, -0.25) is 9.89 Å². The van der Waals surface area contributed by atoms with Crippen molar-refractivity contribution in [2.24, 2.45) is 0 Å². The number of carbonyl (C=O) groups is 1. The van der Waals surface area contributed by atoms with E-state index in [0.29, 0.717) is 5.69 Å². The Balaban J connectivity index is 2.43. The standard InChI is InChI=1S/C10H14ClN3O3S/c1-5(2)7-9(18(11,16)17)8(14-13-7)10(15)12-6-3-4-6/h5-6H,3-4H2,1-2H3,(H,12,15)(H,13,14). The zero-order valence-corrected chi connectivity index (χ0v) is 11.6. The van der Waals surface area contributed by atoms with Gasteiger partial charge in [0.25, 0.3) is 15.0 Å². The molecule has 1 saturated carbocycles. The molecule has 0 aliphatic heterocycles. The summed E-state index contributed by atoms with van der Waals surface area (Å²) in [6.45, 7) is 3.59. The molecule has 1 aromatic heterocycles. The van der Waals surface area contributed by atoms with Gasteiger partial charge in [0.2, 0.25) is 0 Å². The predicted octanol–water partition coefficient (Wildman–Crippen LogP) is 1.35. The van der Waals surface area contributed by atoms with Crippen molar-refractivity contribution in [3.05, 3.63) is 11.4 Å². The van der Waals surface area contributed by atoms with Gasteiger partial charge >= 0.3 is 0 Å². The molecule has 0 bridgehead atoms. The molecule has 1 amide bonds. The van der Waals surface area contributed by atoms with Crippen molar-refractivity contribution in [3.8, 4) is 0 Å². The van der Waals surface area contributed by atoms with E-state index in [-0.39, 0.29) is 22.5 Å². The van der Waals surface area contributed by atoms with E-state index in [1.165, 1.54) is 0 Å². The monoisotopic (exact) mass is 291 g/mol. The number of nitrogens with one attached hydrogen (secondary N) is 2. The molecular weight excluding hydrogens is 278 g/mol. The normalized spacial score (nSPS) is 16.0. The zero-order valence-electron chi connectivity index (χ0n) is 10.0. The number of amides is 1. The summed E-state index contributed by atoms with van der Waals surface area (Å²) in [6.07, 6.45) is 1.83. The van der Waals surface area contributed by atoms with Crippen LogP contribution < -0.4 is 5.32 Å². The molecule has 0 unspecified atom stereocenters. The maximum Gasteiger partial charge on any atom is 0.273 e. The number of aromatic nitrogens is 2. The summed E-state index contributed by atoms with van der Waals surface area (Å²) in [5, 5.41) is 9.05. The van der Waals surface area contributed by atoms with Crippen molar-refractivity contribution in [2.45, 2.75) is 43.5 Å². The Kier molecular flexibility index (Phi) is 3.37. The Labute approximate surface area is 110 Å². The molecule has 0 spiro atoms. The number of H-pyrrole nitrogens is 1. The summed E-state index contributed by atoms with van der Waals surface area (Å²) in [6, 6.07) is 0.127. The molecule has 1 heterocycles. The quantitative estimate of drug-likeness (QED) is 0.819. The molecule has 18 heavy (non-hydrogen) atoms. The minimum absolute atomic E-state index is 0.122. The van der Waals surface area contributed by atoms with Gasteiger partial charge in [-0.25, -0.2) is 8.42 Å². The lowest BCUT2D eigenvalue weighted by Gasteiger charge is -2.05. The van der Waals surface area contributed by atoms with Crippen molar-refractivity contribution in [3.63, 3.8) is 0 Å². The topological polar surface area (TPSA) is 91.9 Å². The first-order valence-corrected chi connectivity index (χ1v) is 7.95. The van der Waals surface area contributed by atoms with E-state index in [0.717, 1.165) is 12.8 Å². The first-order chi connectivity index (χ1) is 8.30. The lowest BCUT2D eigenvalue weighted by molar-refractivity contribution is 0.0943. The fourth-order valence-electron chi connectivity index (χ4n) is 1.62. The number of nitrogens with zero attached hydrogens (tertiary/aromatic N) is 1. The molecule has 100 valence electrons. The number of rotatable bonds is 4. The molecule has 1 aliphatic carbocycles. The van der Waals surface area contributed by atoms with Crippen LogP contribution in [0.2, 0.25) is 0 Å². The smallest absolute Gasteiger partial charge is 0.273 e. The summed E-state index contributed by atoms with van der Waals surface area (Å²) >= 11 is 0. The van der Waals surface area contributed by atoms with E-state index in [9.17, 15) is 13.2 Å². The van der Waals surface area contributed by atoms with Gasteiger partial charge in [0, 0.05) is 16.7 Å². The minimum Gasteiger partial charge on any atom is -0.348 e. The highest BCUT2D eigenvalue weighted by Gasteiger charge is 2.32. The number of carbonyl (C=O) groups excluding carboxylic acids is 1. The SMILES string of the molecule is CC(C)c1[nH]nc(C(=O)NC2CC2)c1S(=O)(=O)Cl. The molecule has 0 saturated heterocycles. The van der Waals surface area contributed by atoms with Crippen LogP contribution in [-0.4, -0.2) is 30.6 Å². The Morgan fingerprint density at radius 2 is 2.11 bits per heavy atom. The highest BCUT2D eigenvalue weighted by molar-refractivity contribution is 8.13. The van der Waals surface area contributed by atoms with Crippen LogP contribution in [0.3, 0.4) is 0 Å². The third-order valence-electron chi connectivity index (χ3n) is 2.70. The largest absolute Gasteiger partial charge is 0.348 e. The maximum atomic E-state index is 11.9. The van der Waals surface area contributed by atoms with Crippen LogP contribution in [0.15, 0.2) is 4.90 Å². The van der Waals surface area contributed by atoms with E-state index < -0.39 is 15.0 Å². The molecule has 1 fully saturated rings. The summed E-state index contributed by atoms with van der Waals surface area (Å²) in [5.41, 5.74) is 0.201. The molecule has 0 aromatic carbocycles. The minimum atomic E-state index is -4.01. The Morgan fingerprint density at radius 1 is 1.50 bits per heavy atom. The van der Waals surface area contributed by atoms with Gasteiger partial charge in [-0.2, -0.15) is 5.10 Å². The number of aromatic amines is 1. The van der Waals surface area contributed by atoms with E-state index in [1.54, 1.807) is 13.8 Å². The molecule has 1 aliphatic rings. The summed E-state index contributed by atoms with van der Waals surface area (Å²) < 4.78 is 23.1. The van der Waals surface area contributed by atoms with Gasteiger partial charge in [-0.05, 0) is 18.8 Å². The van der Waals surface area contributed by atoms with Crippen molar-refractivity contribution in [1.29, 1.82) is 0 Å². The fourth-order valence-corrected chi connectivity index (χ4v) is 3.00. The second kappa shape index (κ2) is 4.55. The second-order valence-corrected chi connectivity index (χ2v) is 7.16. The molecule has 2 N–H and O–H groups in total.